The zero-order valence-electron chi connectivity index (χ0n) is 21.1. The number of carbonyl (C=O) groups is 1. The molecule has 0 bridgehead atoms. The molecule has 5 nitrogen and oxygen atoms in total. The van der Waals surface area contributed by atoms with Gasteiger partial charge in [0.2, 0.25) is 5.91 Å². The Morgan fingerprint density at radius 1 is 0.971 bits per heavy atom. The zero-order valence-corrected chi connectivity index (χ0v) is 21.1. The second-order valence-corrected chi connectivity index (χ2v) is 10.0. The highest BCUT2D eigenvalue weighted by Gasteiger charge is 2.18. The fourth-order valence-corrected chi connectivity index (χ4v) is 4.26. The zero-order chi connectivity index (χ0) is 24.8. The Bertz CT molecular complexity index is 1250. The molecule has 4 aromatic rings. The van der Waals surface area contributed by atoms with Gasteiger partial charge in [0.1, 0.15) is 11.6 Å². The van der Waals surface area contributed by atoms with Crippen LogP contribution in [0.15, 0.2) is 78.9 Å². The SMILES string of the molecule is CC(NC(=O)Cc1ccccc1)c1nc2ccccc2n1CCCOc1ccc(C(C)(C)C)cc1. The summed E-state index contributed by atoms with van der Waals surface area (Å²) in [6, 6.07) is 26.1. The van der Waals surface area contributed by atoms with Crippen LogP contribution in [0.25, 0.3) is 11.0 Å². The third-order valence-electron chi connectivity index (χ3n) is 6.17. The van der Waals surface area contributed by atoms with Crippen molar-refractivity contribution in [2.45, 2.75) is 58.5 Å². The van der Waals surface area contributed by atoms with Gasteiger partial charge in [-0.15, -0.1) is 0 Å². The predicted octanol–water partition coefficient (Wildman–Crippen LogP) is 6.22. The molecule has 1 aromatic heterocycles. The van der Waals surface area contributed by atoms with Crippen LogP contribution in [0.1, 0.15) is 57.1 Å². The lowest BCUT2D eigenvalue weighted by atomic mass is 9.87. The Morgan fingerprint density at radius 2 is 1.66 bits per heavy atom. The van der Waals surface area contributed by atoms with Crippen LogP contribution in [-0.2, 0) is 23.2 Å². The van der Waals surface area contributed by atoms with Gasteiger partial charge in [0.25, 0.3) is 0 Å². The van der Waals surface area contributed by atoms with Gasteiger partial charge in [-0.2, -0.15) is 0 Å². The summed E-state index contributed by atoms with van der Waals surface area (Å²) in [5.74, 6) is 1.74. The molecule has 0 aliphatic heterocycles. The number of benzene rings is 3. The smallest absolute Gasteiger partial charge is 0.224 e. The van der Waals surface area contributed by atoms with Crippen LogP contribution in [-0.4, -0.2) is 22.1 Å². The Kier molecular flexibility index (Phi) is 7.54. The van der Waals surface area contributed by atoms with Gasteiger partial charge >= 0.3 is 0 Å². The van der Waals surface area contributed by atoms with Crippen LogP contribution >= 0.6 is 0 Å². The Balaban J connectivity index is 1.40. The van der Waals surface area contributed by atoms with E-state index in [-0.39, 0.29) is 17.4 Å². The number of amides is 1. The van der Waals surface area contributed by atoms with Gasteiger partial charge in [-0.25, -0.2) is 4.98 Å². The maximum atomic E-state index is 12.7. The molecule has 4 rings (SSSR count). The highest BCUT2D eigenvalue weighted by atomic mass is 16.5. The molecule has 5 heteroatoms. The summed E-state index contributed by atoms with van der Waals surface area (Å²) in [5.41, 5.74) is 4.43. The minimum absolute atomic E-state index is 0.00987. The summed E-state index contributed by atoms with van der Waals surface area (Å²) in [4.78, 5) is 17.5. The first kappa shape index (κ1) is 24.5. The summed E-state index contributed by atoms with van der Waals surface area (Å²) < 4.78 is 8.22. The second-order valence-electron chi connectivity index (χ2n) is 10.0. The van der Waals surface area contributed by atoms with E-state index in [0.717, 1.165) is 41.1 Å². The molecule has 0 aliphatic carbocycles. The third-order valence-corrected chi connectivity index (χ3v) is 6.17. The summed E-state index contributed by atoms with van der Waals surface area (Å²) in [6.07, 6.45) is 1.19. The largest absolute Gasteiger partial charge is 0.494 e. The molecule has 1 unspecified atom stereocenters. The van der Waals surface area contributed by atoms with Crippen LogP contribution in [0.4, 0.5) is 0 Å². The van der Waals surface area contributed by atoms with Crippen molar-refractivity contribution in [1.82, 2.24) is 14.9 Å². The number of aryl methyl sites for hydroxylation is 1. The van der Waals surface area contributed by atoms with Crippen molar-refractivity contribution in [3.63, 3.8) is 0 Å². The molecule has 0 saturated carbocycles. The molecule has 182 valence electrons. The average molecular weight is 470 g/mol. The van der Waals surface area contributed by atoms with Gasteiger partial charge in [-0.1, -0.05) is 75.4 Å². The third kappa shape index (κ3) is 6.30. The number of aromatic nitrogens is 2. The lowest BCUT2D eigenvalue weighted by Crippen LogP contribution is -2.30. The number of nitrogens with one attached hydrogen (secondary N) is 1. The number of nitrogens with zero attached hydrogens (tertiary/aromatic N) is 2. The van der Waals surface area contributed by atoms with Gasteiger partial charge < -0.3 is 14.6 Å². The van der Waals surface area contributed by atoms with Crippen molar-refractivity contribution < 1.29 is 9.53 Å². The number of hydrogen-bond acceptors (Lipinski definition) is 3. The van der Waals surface area contributed by atoms with E-state index in [2.05, 4.69) is 48.9 Å². The standard InChI is InChI=1S/C30H35N3O2/c1-22(31-28(34)21-23-11-6-5-7-12-23)29-32-26-13-8-9-14-27(26)33(29)19-10-20-35-25-17-15-24(16-18-25)30(2,3)4/h5-9,11-18,22H,10,19-21H2,1-4H3,(H,31,34). The number of rotatable bonds is 9. The fourth-order valence-electron chi connectivity index (χ4n) is 4.26. The van der Waals surface area contributed by atoms with Crippen LogP contribution in [0.3, 0.4) is 0 Å². The minimum atomic E-state index is -0.204. The van der Waals surface area contributed by atoms with Gasteiger partial charge in [0, 0.05) is 6.54 Å². The molecule has 0 radical (unpaired) electrons. The maximum Gasteiger partial charge on any atom is 0.224 e. The molecule has 3 aromatic carbocycles. The van der Waals surface area contributed by atoms with Crippen molar-refractivity contribution in [3.8, 4) is 5.75 Å². The van der Waals surface area contributed by atoms with Crippen molar-refractivity contribution >= 4 is 16.9 Å². The Morgan fingerprint density at radius 3 is 2.37 bits per heavy atom. The molecule has 0 fully saturated rings. The van der Waals surface area contributed by atoms with E-state index in [1.54, 1.807) is 0 Å². The molecule has 1 heterocycles. The molecule has 1 N–H and O–H groups in total. The summed E-state index contributed by atoms with van der Waals surface area (Å²) in [5, 5.41) is 3.13. The van der Waals surface area contributed by atoms with Crippen molar-refractivity contribution in [2.75, 3.05) is 6.61 Å². The van der Waals surface area contributed by atoms with E-state index in [1.807, 2.05) is 67.6 Å². The first-order valence-electron chi connectivity index (χ1n) is 12.3. The summed E-state index contributed by atoms with van der Waals surface area (Å²) >= 11 is 0. The molecular weight excluding hydrogens is 434 g/mol. The topological polar surface area (TPSA) is 56.2 Å². The van der Waals surface area contributed by atoms with E-state index < -0.39 is 0 Å². The number of hydrogen-bond donors (Lipinski definition) is 1. The Labute approximate surface area is 208 Å². The molecule has 1 amide bonds. The van der Waals surface area contributed by atoms with Crippen LogP contribution in [0.5, 0.6) is 5.75 Å². The Hall–Kier alpha value is -3.60. The quantitative estimate of drug-likeness (QED) is 0.296. The van der Waals surface area contributed by atoms with Crippen LogP contribution < -0.4 is 10.1 Å². The van der Waals surface area contributed by atoms with Crippen molar-refractivity contribution in [2.24, 2.45) is 0 Å². The van der Waals surface area contributed by atoms with E-state index in [9.17, 15) is 4.79 Å². The first-order valence-corrected chi connectivity index (χ1v) is 12.3. The number of imidazole rings is 1. The van der Waals surface area contributed by atoms with E-state index in [0.29, 0.717) is 13.0 Å². The van der Waals surface area contributed by atoms with Crippen LogP contribution in [0.2, 0.25) is 0 Å². The molecule has 0 aliphatic rings. The van der Waals surface area contributed by atoms with E-state index in [4.69, 9.17) is 9.72 Å². The lowest BCUT2D eigenvalue weighted by molar-refractivity contribution is -0.121. The highest BCUT2D eigenvalue weighted by molar-refractivity contribution is 5.79. The monoisotopic (exact) mass is 469 g/mol. The van der Waals surface area contributed by atoms with Gasteiger partial charge in [0.05, 0.1) is 30.1 Å². The summed E-state index contributed by atoms with van der Waals surface area (Å²) in [6.45, 7) is 9.99. The van der Waals surface area contributed by atoms with Crippen LogP contribution in [0, 0.1) is 0 Å². The second kappa shape index (κ2) is 10.8. The number of para-hydroxylation sites is 2. The first-order chi connectivity index (χ1) is 16.8. The number of ether oxygens (including phenoxy) is 1. The van der Waals surface area contributed by atoms with Crippen molar-refractivity contribution in [1.29, 1.82) is 0 Å². The molecule has 35 heavy (non-hydrogen) atoms. The summed E-state index contributed by atoms with van der Waals surface area (Å²) in [7, 11) is 0. The van der Waals surface area contributed by atoms with E-state index >= 15 is 0 Å². The molecular formula is C30H35N3O2. The fraction of sp³-hybridized carbons (Fsp3) is 0.333. The normalized spacial score (nSPS) is 12.5. The molecule has 0 saturated heterocycles. The van der Waals surface area contributed by atoms with Gasteiger partial charge in [-0.3, -0.25) is 4.79 Å². The highest BCUT2D eigenvalue weighted by Crippen LogP contribution is 2.25. The molecule has 1 atom stereocenters. The van der Waals surface area contributed by atoms with Gasteiger partial charge in [-0.05, 0) is 54.2 Å². The minimum Gasteiger partial charge on any atom is -0.494 e. The van der Waals surface area contributed by atoms with E-state index in [1.165, 1.54) is 5.56 Å². The lowest BCUT2D eigenvalue weighted by Gasteiger charge is -2.19. The number of fused-ring (bicyclic) bond motifs is 1. The number of carbonyl (C=O) groups excluding carboxylic acids is 1. The average Bonchev–Trinajstić information content (AvgIpc) is 3.21. The predicted molar refractivity (Wildman–Crippen MR) is 142 cm³/mol. The maximum absolute atomic E-state index is 12.7. The molecule has 0 spiro atoms. The van der Waals surface area contributed by atoms with Crippen molar-refractivity contribution in [3.05, 3.63) is 95.8 Å². The van der Waals surface area contributed by atoms with Gasteiger partial charge in [0.15, 0.2) is 0 Å².